The van der Waals surface area contributed by atoms with E-state index < -0.39 is 24.3 Å². The third-order valence-electron chi connectivity index (χ3n) is 9.10. The van der Waals surface area contributed by atoms with Crippen LogP contribution < -0.4 is 5.11 Å². The maximum atomic E-state index is 12.7. The molecule has 9 heteroatoms. The van der Waals surface area contributed by atoms with Crippen molar-refractivity contribution in [3.05, 3.63) is 0 Å². The highest BCUT2D eigenvalue weighted by atomic mass is 16.7. The number of hydrogen-bond donors (Lipinski definition) is 0. The molecular formula is C41H79NO8. The summed E-state index contributed by atoms with van der Waals surface area (Å²) in [6.07, 6.45) is 28.4. The number of quaternary nitrogens is 1. The first kappa shape index (κ1) is 48.3. The minimum atomic E-state index is -1.61. The van der Waals surface area contributed by atoms with E-state index in [0.717, 1.165) is 38.5 Å². The van der Waals surface area contributed by atoms with Gasteiger partial charge < -0.3 is 33.3 Å². The molecule has 0 aliphatic carbocycles. The van der Waals surface area contributed by atoms with Gasteiger partial charge in [0, 0.05) is 12.8 Å². The number of carbonyl (C=O) groups excluding carboxylic acids is 3. The Morgan fingerprint density at radius 1 is 0.520 bits per heavy atom. The molecule has 0 aromatic carbocycles. The average Bonchev–Trinajstić information content (AvgIpc) is 3.06. The van der Waals surface area contributed by atoms with Crippen molar-refractivity contribution in [2.45, 2.75) is 200 Å². The van der Waals surface area contributed by atoms with Crippen LogP contribution in [-0.2, 0) is 33.3 Å². The topological polar surface area (TPSA) is 111 Å². The molecule has 0 radical (unpaired) electrons. The van der Waals surface area contributed by atoms with Crippen molar-refractivity contribution in [3.8, 4) is 0 Å². The highest BCUT2D eigenvalue weighted by molar-refractivity contribution is 5.70. The van der Waals surface area contributed by atoms with Crippen molar-refractivity contribution in [2.24, 2.45) is 0 Å². The number of aliphatic carboxylic acids is 1. The molecule has 0 bridgehead atoms. The van der Waals surface area contributed by atoms with E-state index in [1.807, 2.05) is 21.1 Å². The van der Waals surface area contributed by atoms with Gasteiger partial charge in [-0.05, 0) is 12.8 Å². The quantitative estimate of drug-likeness (QED) is 0.0270. The van der Waals surface area contributed by atoms with Crippen molar-refractivity contribution in [1.82, 2.24) is 0 Å². The molecule has 2 atom stereocenters. The Kier molecular flexibility index (Phi) is 33.2. The Morgan fingerprint density at radius 3 is 1.28 bits per heavy atom. The van der Waals surface area contributed by atoms with Gasteiger partial charge in [-0.25, -0.2) is 0 Å². The average molecular weight is 714 g/mol. The first-order chi connectivity index (χ1) is 24.1. The van der Waals surface area contributed by atoms with E-state index in [9.17, 15) is 19.5 Å². The predicted molar refractivity (Wildman–Crippen MR) is 200 cm³/mol. The van der Waals surface area contributed by atoms with E-state index in [0.29, 0.717) is 17.4 Å². The van der Waals surface area contributed by atoms with Crippen LogP contribution in [0.5, 0.6) is 0 Å². The Morgan fingerprint density at radius 2 is 0.900 bits per heavy atom. The number of hydrogen-bond acceptors (Lipinski definition) is 8. The van der Waals surface area contributed by atoms with Crippen LogP contribution in [0.2, 0.25) is 0 Å². The van der Waals surface area contributed by atoms with Gasteiger partial charge in [-0.2, -0.15) is 0 Å². The van der Waals surface area contributed by atoms with Gasteiger partial charge in [0.2, 0.25) is 0 Å². The molecule has 2 unspecified atom stereocenters. The van der Waals surface area contributed by atoms with Crippen molar-refractivity contribution in [3.63, 3.8) is 0 Å². The van der Waals surface area contributed by atoms with Gasteiger partial charge in [0.25, 0.3) is 0 Å². The van der Waals surface area contributed by atoms with Gasteiger partial charge in [0.15, 0.2) is 12.4 Å². The number of unbranched alkanes of at least 4 members (excludes halogenated alkanes) is 23. The third-order valence-corrected chi connectivity index (χ3v) is 9.10. The zero-order valence-corrected chi connectivity index (χ0v) is 33.3. The molecule has 50 heavy (non-hydrogen) atoms. The molecule has 0 fully saturated rings. The van der Waals surface area contributed by atoms with Crippen LogP contribution in [-0.4, -0.2) is 82.3 Å². The lowest BCUT2D eigenvalue weighted by Crippen LogP contribution is -2.44. The second kappa shape index (κ2) is 34.4. The Balaban J connectivity index is 4.47. The standard InChI is InChI=1S/C41H79NO8/c1-6-8-10-12-14-16-18-19-20-22-24-26-28-30-32-39(44)50-37(36-49-41(40(45)46)47-34-33-42(3,4)5)35-48-38(43)31-29-27-25-23-21-17-15-13-11-9-7-2/h37,41H,6-36H2,1-5H3. The zero-order valence-electron chi connectivity index (χ0n) is 33.3. The molecule has 0 saturated heterocycles. The van der Waals surface area contributed by atoms with Crippen molar-refractivity contribution < 1.29 is 42.9 Å². The second-order valence-electron chi connectivity index (χ2n) is 15.3. The molecule has 0 rings (SSSR count). The number of carboxylic acid groups (broad SMARTS) is 1. The van der Waals surface area contributed by atoms with E-state index in [2.05, 4.69) is 13.8 Å². The minimum absolute atomic E-state index is 0.152. The van der Waals surface area contributed by atoms with Crippen LogP contribution in [0.25, 0.3) is 0 Å². The highest BCUT2D eigenvalue weighted by Crippen LogP contribution is 2.15. The number of likely N-dealkylation sites (N-methyl/N-ethyl adjacent to an activating group) is 1. The predicted octanol–water partition coefficient (Wildman–Crippen LogP) is 8.83. The van der Waals surface area contributed by atoms with Crippen LogP contribution in [0.4, 0.5) is 0 Å². The van der Waals surface area contributed by atoms with Crippen LogP contribution >= 0.6 is 0 Å². The van der Waals surface area contributed by atoms with Crippen molar-refractivity contribution in [1.29, 1.82) is 0 Å². The molecule has 0 aromatic heterocycles. The number of esters is 2. The van der Waals surface area contributed by atoms with Gasteiger partial charge in [-0.3, -0.25) is 9.59 Å². The van der Waals surface area contributed by atoms with Crippen LogP contribution in [0.15, 0.2) is 0 Å². The summed E-state index contributed by atoms with van der Waals surface area (Å²) in [5, 5.41) is 11.6. The summed E-state index contributed by atoms with van der Waals surface area (Å²) in [6, 6.07) is 0. The van der Waals surface area contributed by atoms with E-state index in [4.69, 9.17) is 18.9 Å². The number of carboxylic acids is 1. The molecule has 0 heterocycles. The van der Waals surface area contributed by atoms with Gasteiger partial charge in [0.1, 0.15) is 13.2 Å². The number of carbonyl (C=O) groups is 3. The molecule has 0 aliphatic heterocycles. The van der Waals surface area contributed by atoms with Crippen LogP contribution in [0.1, 0.15) is 187 Å². The van der Waals surface area contributed by atoms with E-state index in [1.165, 1.54) is 122 Å². The van der Waals surface area contributed by atoms with Gasteiger partial charge in [-0.15, -0.1) is 0 Å². The summed E-state index contributed by atoms with van der Waals surface area (Å²) in [7, 11) is 5.91. The van der Waals surface area contributed by atoms with Gasteiger partial charge in [-0.1, -0.05) is 162 Å². The molecule has 9 nitrogen and oxygen atoms in total. The van der Waals surface area contributed by atoms with E-state index in [1.54, 1.807) is 0 Å². The van der Waals surface area contributed by atoms with Gasteiger partial charge in [0.05, 0.1) is 40.3 Å². The largest absolute Gasteiger partial charge is 0.545 e. The number of nitrogens with zero attached hydrogens (tertiary/aromatic N) is 1. The second-order valence-corrected chi connectivity index (χ2v) is 15.3. The molecular weight excluding hydrogens is 634 g/mol. The Labute approximate surface area is 307 Å². The maximum absolute atomic E-state index is 12.7. The molecule has 0 aromatic rings. The summed E-state index contributed by atoms with van der Waals surface area (Å²) in [4.78, 5) is 36.8. The zero-order chi connectivity index (χ0) is 37.1. The molecule has 0 saturated carbocycles. The van der Waals surface area contributed by atoms with Crippen molar-refractivity contribution in [2.75, 3.05) is 47.5 Å². The maximum Gasteiger partial charge on any atom is 0.306 e. The van der Waals surface area contributed by atoms with Gasteiger partial charge >= 0.3 is 11.9 Å². The lowest BCUT2D eigenvalue weighted by Gasteiger charge is -2.26. The van der Waals surface area contributed by atoms with E-state index in [-0.39, 0.29) is 32.2 Å². The van der Waals surface area contributed by atoms with Crippen LogP contribution in [0.3, 0.4) is 0 Å². The lowest BCUT2D eigenvalue weighted by atomic mass is 10.0. The molecule has 0 N–H and O–H groups in total. The normalized spacial score (nSPS) is 12.9. The first-order valence-corrected chi connectivity index (χ1v) is 20.7. The summed E-state index contributed by atoms with van der Waals surface area (Å²) in [5.41, 5.74) is 0. The molecule has 296 valence electrons. The first-order valence-electron chi connectivity index (χ1n) is 20.7. The Hall–Kier alpha value is -1.71. The summed E-state index contributed by atoms with van der Waals surface area (Å²) in [5.74, 6) is -2.27. The smallest absolute Gasteiger partial charge is 0.306 e. The molecule has 0 aliphatic rings. The number of rotatable bonds is 38. The highest BCUT2D eigenvalue weighted by Gasteiger charge is 2.21. The fraction of sp³-hybridized carbons (Fsp3) is 0.927. The molecule has 0 spiro atoms. The minimum Gasteiger partial charge on any atom is -0.545 e. The lowest BCUT2D eigenvalue weighted by molar-refractivity contribution is -0.870. The fourth-order valence-electron chi connectivity index (χ4n) is 5.83. The third kappa shape index (κ3) is 34.7. The summed E-state index contributed by atoms with van der Waals surface area (Å²) >= 11 is 0. The van der Waals surface area contributed by atoms with Crippen molar-refractivity contribution >= 4 is 17.9 Å². The summed E-state index contributed by atoms with van der Waals surface area (Å²) < 4.78 is 22.5. The SMILES string of the molecule is CCCCCCCCCCCCCCCCC(=O)OC(COC(=O)CCCCCCCCCCCCC)COC(OCC[N+](C)(C)C)C(=O)[O-]. The Bertz CT molecular complexity index is 800. The molecule has 0 amide bonds. The monoisotopic (exact) mass is 714 g/mol. The van der Waals surface area contributed by atoms with E-state index >= 15 is 0 Å². The number of ether oxygens (including phenoxy) is 4. The fourth-order valence-corrected chi connectivity index (χ4v) is 5.83. The summed E-state index contributed by atoms with van der Waals surface area (Å²) in [6.45, 7) is 4.74. The van der Waals surface area contributed by atoms with Crippen LogP contribution in [0, 0.1) is 0 Å².